The Balaban J connectivity index is 2.15. The predicted molar refractivity (Wildman–Crippen MR) is 66.5 cm³/mol. The first-order chi connectivity index (χ1) is 8.20. The van der Waals surface area contributed by atoms with Gasteiger partial charge in [-0.3, -0.25) is 4.68 Å². The molecule has 0 bridgehead atoms. The lowest BCUT2D eigenvalue weighted by atomic mass is 10.1. The summed E-state index contributed by atoms with van der Waals surface area (Å²) in [5, 5.41) is 7.66. The van der Waals surface area contributed by atoms with E-state index in [4.69, 9.17) is 0 Å². The molecule has 0 aliphatic rings. The van der Waals surface area contributed by atoms with Crippen LogP contribution in [0.1, 0.15) is 24.4 Å². The van der Waals surface area contributed by atoms with E-state index in [1.54, 1.807) is 0 Å². The predicted octanol–water partition coefficient (Wildman–Crippen LogP) is 1.05. The molecule has 0 radical (unpaired) electrons. The smallest absolute Gasteiger partial charge is 0.125 e. The molecule has 0 saturated carbocycles. The zero-order valence-corrected chi connectivity index (χ0v) is 10.6. The van der Waals surface area contributed by atoms with Crippen molar-refractivity contribution in [3.05, 3.63) is 36.2 Å². The highest BCUT2D eigenvalue weighted by molar-refractivity contribution is 5.10. The maximum Gasteiger partial charge on any atom is 0.125 e. The van der Waals surface area contributed by atoms with Gasteiger partial charge in [0.2, 0.25) is 0 Å². The summed E-state index contributed by atoms with van der Waals surface area (Å²) < 4.78 is 3.89. The third kappa shape index (κ3) is 2.74. The summed E-state index contributed by atoms with van der Waals surface area (Å²) in [6, 6.07) is 0.240. The quantitative estimate of drug-likeness (QED) is 0.839. The maximum absolute atomic E-state index is 4.41. The number of nitrogens with zero attached hydrogens (tertiary/aromatic N) is 4. The minimum Gasteiger partial charge on any atom is -0.337 e. The van der Waals surface area contributed by atoms with Crippen molar-refractivity contribution in [2.24, 2.45) is 14.1 Å². The summed E-state index contributed by atoms with van der Waals surface area (Å²) >= 11 is 0. The van der Waals surface area contributed by atoms with E-state index in [1.807, 2.05) is 43.6 Å². The van der Waals surface area contributed by atoms with Crippen molar-refractivity contribution in [1.82, 2.24) is 24.6 Å². The molecule has 1 atom stereocenters. The second-order valence-corrected chi connectivity index (χ2v) is 4.23. The summed E-state index contributed by atoms with van der Waals surface area (Å²) in [4.78, 5) is 4.41. The molecule has 0 amide bonds. The number of hydrogen-bond donors (Lipinski definition) is 1. The second kappa shape index (κ2) is 5.14. The molecule has 1 unspecified atom stereocenters. The Bertz CT molecular complexity index is 471. The fourth-order valence-corrected chi connectivity index (χ4v) is 2.03. The van der Waals surface area contributed by atoms with Gasteiger partial charge >= 0.3 is 0 Å². The van der Waals surface area contributed by atoms with E-state index < -0.39 is 0 Å². The molecular weight excluding hydrogens is 214 g/mol. The molecule has 1 N–H and O–H groups in total. The van der Waals surface area contributed by atoms with Gasteiger partial charge in [-0.1, -0.05) is 6.92 Å². The standard InChI is InChI=1S/C12H19N5/c1-4-13-11(12-14-5-6-16(12)2)7-10-8-15-17(3)9-10/h5-6,8-9,11,13H,4,7H2,1-3H3. The van der Waals surface area contributed by atoms with Crippen LogP contribution in [0.25, 0.3) is 0 Å². The van der Waals surface area contributed by atoms with E-state index in [0.717, 1.165) is 18.8 Å². The van der Waals surface area contributed by atoms with Gasteiger partial charge in [-0.15, -0.1) is 0 Å². The Hall–Kier alpha value is -1.62. The van der Waals surface area contributed by atoms with E-state index in [2.05, 4.69) is 26.9 Å². The van der Waals surface area contributed by atoms with Crippen LogP contribution in [0.2, 0.25) is 0 Å². The van der Waals surface area contributed by atoms with Crippen molar-refractivity contribution in [3.8, 4) is 0 Å². The van der Waals surface area contributed by atoms with Crippen molar-refractivity contribution >= 4 is 0 Å². The van der Waals surface area contributed by atoms with Crippen molar-refractivity contribution in [3.63, 3.8) is 0 Å². The van der Waals surface area contributed by atoms with Crippen molar-refractivity contribution < 1.29 is 0 Å². The van der Waals surface area contributed by atoms with Crippen LogP contribution in [-0.2, 0) is 20.5 Å². The first-order valence-electron chi connectivity index (χ1n) is 5.88. The number of imidazole rings is 1. The minimum atomic E-state index is 0.240. The lowest BCUT2D eigenvalue weighted by molar-refractivity contribution is 0.506. The van der Waals surface area contributed by atoms with Crippen LogP contribution >= 0.6 is 0 Å². The van der Waals surface area contributed by atoms with Gasteiger partial charge in [0.05, 0.1) is 12.2 Å². The van der Waals surface area contributed by atoms with E-state index in [0.29, 0.717) is 0 Å². The Morgan fingerprint density at radius 2 is 2.24 bits per heavy atom. The molecule has 92 valence electrons. The highest BCUT2D eigenvalue weighted by Gasteiger charge is 2.15. The largest absolute Gasteiger partial charge is 0.337 e. The first-order valence-corrected chi connectivity index (χ1v) is 5.88. The number of rotatable bonds is 5. The molecular formula is C12H19N5. The van der Waals surface area contributed by atoms with E-state index in [1.165, 1.54) is 5.56 Å². The number of aromatic nitrogens is 4. The molecule has 2 rings (SSSR count). The first kappa shape index (κ1) is 11.9. The molecule has 2 aromatic heterocycles. The minimum absolute atomic E-state index is 0.240. The summed E-state index contributed by atoms with van der Waals surface area (Å²) in [5.41, 5.74) is 1.22. The molecule has 5 heteroatoms. The molecule has 0 saturated heterocycles. The zero-order chi connectivity index (χ0) is 12.3. The average molecular weight is 233 g/mol. The lowest BCUT2D eigenvalue weighted by Gasteiger charge is -2.16. The maximum atomic E-state index is 4.41. The third-order valence-electron chi connectivity index (χ3n) is 2.82. The van der Waals surface area contributed by atoms with Gasteiger partial charge in [0.15, 0.2) is 0 Å². The molecule has 17 heavy (non-hydrogen) atoms. The van der Waals surface area contributed by atoms with Gasteiger partial charge in [-0.25, -0.2) is 4.98 Å². The Morgan fingerprint density at radius 1 is 1.41 bits per heavy atom. The lowest BCUT2D eigenvalue weighted by Crippen LogP contribution is -2.25. The number of likely N-dealkylation sites (N-methyl/N-ethyl adjacent to an activating group) is 1. The SMILES string of the molecule is CCNC(Cc1cnn(C)c1)c1nccn1C. The summed E-state index contributed by atoms with van der Waals surface area (Å²) in [5.74, 6) is 1.07. The van der Waals surface area contributed by atoms with Gasteiger partial charge in [0.1, 0.15) is 5.82 Å². The Morgan fingerprint density at radius 3 is 2.76 bits per heavy atom. The highest BCUT2D eigenvalue weighted by atomic mass is 15.2. The number of nitrogens with one attached hydrogen (secondary N) is 1. The van der Waals surface area contributed by atoms with Crippen LogP contribution in [0.3, 0.4) is 0 Å². The summed E-state index contributed by atoms with van der Waals surface area (Å²) in [7, 11) is 3.96. The zero-order valence-electron chi connectivity index (χ0n) is 10.6. The fraction of sp³-hybridized carbons (Fsp3) is 0.500. The van der Waals surface area contributed by atoms with Crippen molar-refractivity contribution in [2.75, 3.05) is 6.54 Å². The summed E-state index contributed by atoms with van der Waals surface area (Å²) in [6.07, 6.45) is 8.68. The topological polar surface area (TPSA) is 47.7 Å². The highest BCUT2D eigenvalue weighted by Crippen LogP contribution is 2.15. The second-order valence-electron chi connectivity index (χ2n) is 4.23. The number of aryl methyl sites for hydroxylation is 2. The normalized spacial score (nSPS) is 12.9. The molecule has 2 aromatic rings. The molecule has 2 heterocycles. The molecule has 0 aliphatic carbocycles. The number of hydrogen-bond acceptors (Lipinski definition) is 3. The van der Waals surface area contributed by atoms with Gasteiger partial charge in [-0.2, -0.15) is 5.10 Å². The fourth-order valence-electron chi connectivity index (χ4n) is 2.03. The van der Waals surface area contributed by atoms with Crippen LogP contribution in [-0.4, -0.2) is 25.9 Å². The Kier molecular flexibility index (Phi) is 3.58. The molecule has 0 fully saturated rings. The van der Waals surface area contributed by atoms with Crippen LogP contribution in [0.5, 0.6) is 0 Å². The average Bonchev–Trinajstić information content (AvgIpc) is 2.87. The van der Waals surface area contributed by atoms with Gasteiger partial charge in [0, 0.05) is 32.7 Å². The van der Waals surface area contributed by atoms with Gasteiger partial charge < -0.3 is 9.88 Å². The van der Waals surface area contributed by atoms with Gasteiger partial charge in [0.25, 0.3) is 0 Å². The van der Waals surface area contributed by atoms with E-state index in [-0.39, 0.29) is 6.04 Å². The van der Waals surface area contributed by atoms with E-state index in [9.17, 15) is 0 Å². The van der Waals surface area contributed by atoms with Crippen LogP contribution < -0.4 is 5.32 Å². The summed E-state index contributed by atoms with van der Waals surface area (Å²) in [6.45, 7) is 3.04. The van der Waals surface area contributed by atoms with Crippen molar-refractivity contribution in [2.45, 2.75) is 19.4 Å². The molecule has 0 aromatic carbocycles. The molecule has 0 spiro atoms. The third-order valence-corrected chi connectivity index (χ3v) is 2.82. The van der Waals surface area contributed by atoms with Crippen LogP contribution in [0.4, 0.5) is 0 Å². The van der Waals surface area contributed by atoms with Crippen LogP contribution in [0, 0.1) is 0 Å². The van der Waals surface area contributed by atoms with Crippen LogP contribution in [0.15, 0.2) is 24.8 Å². The molecule has 5 nitrogen and oxygen atoms in total. The monoisotopic (exact) mass is 233 g/mol. The Labute approximate surface area is 101 Å². The van der Waals surface area contributed by atoms with Gasteiger partial charge in [-0.05, 0) is 18.5 Å². The molecule has 0 aliphatic heterocycles. The van der Waals surface area contributed by atoms with E-state index >= 15 is 0 Å². The van der Waals surface area contributed by atoms with Crippen molar-refractivity contribution in [1.29, 1.82) is 0 Å².